The Bertz CT molecular complexity index is 352. The SMILES string of the molecule is COCOc1ccc(CN)cc1C(F)(F)F. The number of rotatable bonds is 4. The van der Waals surface area contributed by atoms with Crippen molar-refractivity contribution >= 4 is 0 Å². The molecule has 0 amide bonds. The Kier molecular flexibility index (Phi) is 4.14. The van der Waals surface area contributed by atoms with E-state index in [0.717, 1.165) is 6.07 Å². The smallest absolute Gasteiger partial charge is 0.419 e. The first kappa shape index (κ1) is 12.8. The minimum absolute atomic E-state index is 0.0492. The lowest BCUT2D eigenvalue weighted by atomic mass is 10.1. The molecular formula is C10H12F3NO2. The Morgan fingerprint density at radius 2 is 2.00 bits per heavy atom. The van der Waals surface area contributed by atoms with Crippen molar-refractivity contribution in [2.45, 2.75) is 12.7 Å². The van der Waals surface area contributed by atoms with Gasteiger partial charge in [0.05, 0.1) is 5.56 Å². The van der Waals surface area contributed by atoms with E-state index in [2.05, 4.69) is 4.74 Å². The van der Waals surface area contributed by atoms with Gasteiger partial charge in [-0.2, -0.15) is 13.2 Å². The van der Waals surface area contributed by atoms with Gasteiger partial charge in [-0.25, -0.2) is 0 Å². The quantitative estimate of drug-likeness (QED) is 0.813. The highest BCUT2D eigenvalue weighted by atomic mass is 19.4. The van der Waals surface area contributed by atoms with Crippen LogP contribution in [0.15, 0.2) is 18.2 Å². The van der Waals surface area contributed by atoms with E-state index < -0.39 is 11.7 Å². The number of benzene rings is 1. The van der Waals surface area contributed by atoms with Gasteiger partial charge in [0.1, 0.15) is 5.75 Å². The maximum atomic E-state index is 12.6. The second-order valence-corrected chi connectivity index (χ2v) is 3.08. The predicted molar refractivity (Wildman–Crippen MR) is 51.8 cm³/mol. The van der Waals surface area contributed by atoms with Gasteiger partial charge in [-0.3, -0.25) is 0 Å². The molecule has 0 bridgehead atoms. The Balaban J connectivity index is 3.06. The summed E-state index contributed by atoms with van der Waals surface area (Å²) in [5, 5.41) is 0. The van der Waals surface area contributed by atoms with Gasteiger partial charge in [-0.1, -0.05) is 6.07 Å². The Morgan fingerprint density at radius 1 is 1.31 bits per heavy atom. The van der Waals surface area contributed by atoms with Crippen LogP contribution in [0.4, 0.5) is 13.2 Å². The van der Waals surface area contributed by atoms with E-state index in [1.54, 1.807) is 0 Å². The molecule has 0 unspecified atom stereocenters. The molecule has 0 fully saturated rings. The third-order valence-electron chi connectivity index (χ3n) is 1.92. The standard InChI is InChI=1S/C10H12F3NO2/c1-15-6-16-9-3-2-7(5-14)4-8(9)10(11,12)13/h2-4H,5-6,14H2,1H3. The maximum absolute atomic E-state index is 12.6. The molecule has 0 aliphatic carbocycles. The van der Waals surface area contributed by atoms with Crippen LogP contribution in [0.5, 0.6) is 5.75 Å². The molecule has 0 saturated heterocycles. The number of ether oxygens (including phenoxy) is 2. The molecule has 0 radical (unpaired) electrons. The molecule has 90 valence electrons. The second-order valence-electron chi connectivity index (χ2n) is 3.08. The lowest BCUT2D eigenvalue weighted by Gasteiger charge is -2.14. The van der Waals surface area contributed by atoms with Crippen LogP contribution in [0.1, 0.15) is 11.1 Å². The molecule has 6 heteroatoms. The molecule has 0 aliphatic heterocycles. The lowest BCUT2D eigenvalue weighted by molar-refractivity contribution is -0.139. The number of hydrogen-bond donors (Lipinski definition) is 1. The van der Waals surface area contributed by atoms with Gasteiger partial charge in [-0.15, -0.1) is 0 Å². The minimum Gasteiger partial charge on any atom is -0.467 e. The fourth-order valence-corrected chi connectivity index (χ4v) is 1.17. The Morgan fingerprint density at radius 3 is 2.50 bits per heavy atom. The van der Waals surface area contributed by atoms with Crippen LogP contribution in [0.2, 0.25) is 0 Å². The highest BCUT2D eigenvalue weighted by Crippen LogP contribution is 2.36. The van der Waals surface area contributed by atoms with E-state index in [0.29, 0.717) is 5.56 Å². The van der Waals surface area contributed by atoms with Gasteiger partial charge < -0.3 is 15.2 Å². The van der Waals surface area contributed by atoms with Crippen molar-refractivity contribution in [3.05, 3.63) is 29.3 Å². The van der Waals surface area contributed by atoms with Crippen molar-refractivity contribution in [2.75, 3.05) is 13.9 Å². The third-order valence-corrected chi connectivity index (χ3v) is 1.92. The van der Waals surface area contributed by atoms with Gasteiger partial charge >= 0.3 is 6.18 Å². The number of nitrogens with two attached hydrogens (primary N) is 1. The van der Waals surface area contributed by atoms with E-state index in [4.69, 9.17) is 10.5 Å². The van der Waals surface area contributed by atoms with E-state index in [9.17, 15) is 13.2 Å². The first-order chi connectivity index (χ1) is 7.49. The zero-order valence-electron chi connectivity index (χ0n) is 8.67. The lowest BCUT2D eigenvalue weighted by Crippen LogP contribution is -2.11. The summed E-state index contributed by atoms with van der Waals surface area (Å²) in [7, 11) is 1.33. The van der Waals surface area contributed by atoms with E-state index in [1.165, 1.54) is 19.2 Å². The highest BCUT2D eigenvalue weighted by Gasteiger charge is 2.34. The molecule has 2 N–H and O–H groups in total. The predicted octanol–water partition coefficient (Wildman–Crippen LogP) is 2.15. The summed E-state index contributed by atoms with van der Waals surface area (Å²) < 4.78 is 47.3. The zero-order chi connectivity index (χ0) is 12.2. The molecule has 0 spiro atoms. The van der Waals surface area contributed by atoms with E-state index in [1.807, 2.05) is 0 Å². The molecule has 16 heavy (non-hydrogen) atoms. The Labute approximate surface area is 91.0 Å². The largest absolute Gasteiger partial charge is 0.467 e. The van der Waals surface area contributed by atoms with Crippen LogP contribution in [0.25, 0.3) is 0 Å². The van der Waals surface area contributed by atoms with Crippen molar-refractivity contribution in [3.63, 3.8) is 0 Å². The highest BCUT2D eigenvalue weighted by molar-refractivity contribution is 5.39. The topological polar surface area (TPSA) is 44.5 Å². The first-order valence-electron chi connectivity index (χ1n) is 4.51. The van der Waals surface area contributed by atoms with Crippen molar-refractivity contribution in [3.8, 4) is 5.75 Å². The number of hydrogen-bond acceptors (Lipinski definition) is 3. The van der Waals surface area contributed by atoms with Crippen molar-refractivity contribution in [2.24, 2.45) is 5.73 Å². The fourth-order valence-electron chi connectivity index (χ4n) is 1.17. The van der Waals surface area contributed by atoms with Crippen molar-refractivity contribution in [1.29, 1.82) is 0 Å². The van der Waals surface area contributed by atoms with Crippen LogP contribution in [-0.2, 0) is 17.5 Å². The second kappa shape index (κ2) is 5.18. The van der Waals surface area contributed by atoms with Gasteiger partial charge in [0, 0.05) is 13.7 Å². The molecule has 3 nitrogen and oxygen atoms in total. The van der Waals surface area contributed by atoms with E-state index in [-0.39, 0.29) is 19.1 Å². The third kappa shape index (κ3) is 3.11. The minimum atomic E-state index is -4.46. The van der Waals surface area contributed by atoms with Crippen LogP contribution in [-0.4, -0.2) is 13.9 Å². The monoisotopic (exact) mass is 235 g/mol. The van der Waals surface area contributed by atoms with Gasteiger partial charge in [-0.05, 0) is 17.7 Å². The zero-order valence-corrected chi connectivity index (χ0v) is 8.67. The van der Waals surface area contributed by atoms with Gasteiger partial charge in [0.15, 0.2) is 6.79 Å². The summed E-state index contributed by atoms with van der Waals surface area (Å²) in [6.07, 6.45) is -4.46. The summed E-state index contributed by atoms with van der Waals surface area (Å²) in [6, 6.07) is 3.70. The Hall–Kier alpha value is -1.27. The summed E-state index contributed by atoms with van der Waals surface area (Å²) in [5.74, 6) is -0.258. The summed E-state index contributed by atoms with van der Waals surface area (Å²) in [5.41, 5.74) is 4.84. The molecule has 0 atom stereocenters. The summed E-state index contributed by atoms with van der Waals surface area (Å²) in [4.78, 5) is 0. The number of methoxy groups -OCH3 is 1. The van der Waals surface area contributed by atoms with Crippen LogP contribution in [0, 0.1) is 0 Å². The molecule has 0 saturated carbocycles. The van der Waals surface area contributed by atoms with Crippen LogP contribution in [0.3, 0.4) is 0 Å². The van der Waals surface area contributed by atoms with Crippen molar-refractivity contribution in [1.82, 2.24) is 0 Å². The molecular weight excluding hydrogens is 223 g/mol. The summed E-state index contributed by atoms with van der Waals surface area (Å²) in [6.45, 7) is -0.182. The molecule has 0 heterocycles. The normalized spacial score (nSPS) is 11.6. The number of halogens is 3. The molecule has 0 aliphatic rings. The molecule has 1 aromatic rings. The van der Waals surface area contributed by atoms with Crippen LogP contribution < -0.4 is 10.5 Å². The summed E-state index contributed by atoms with van der Waals surface area (Å²) >= 11 is 0. The van der Waals surface area contributed by atoms with Gasteiger partial charge in [0.25, 0.3) is 0 Å². The molecule has 0 aromatic heterocycles. The van der Waals surface area contributed by atoms with Crippen molar-refractivity contribution < 1.29 is 22.6 Å². The van der Waals surface area contributed by atoms with Crippen LogP contribution >= 0.6 is 0 Å². The fraction of sp³-hybridized carbons (Fsp3) is 0.400. The average molecular weight is 235 g/mol. The van der Waals surface area contributed by atoms with Gasteiger partial charge in [0.2, 0.25) is 0 Å². The van der Waals surface area contributed by atoms with E-state index >= 15 is 0 Å². The maximum Gasteiger partial charge on any atom is 0.419 e. The first-order valence-corrected chi connectivity index (χ1v) is 4.51. The average Bonchev–Trinajstić information content (AvgIpc) is 2.25. The molecule has 1 aromatic carbocycles. The molecule has 1 rings (SSSR count). The number of alkyl halides is 3.